The maximum Gasteiger partial charge on any atom is 0.337 e. The average Bonchev–Trinajstić information content (AvgIpc) is 2.28. The van der Waals surface area contributed by atoms with Gasteiger partial charge in [0.05, 0.1) is 12.2 Å². The molecular weight excluding hydrogens is 246 g/mol. The fourth-order valence-corrected chi connectivity index (χ4v) is 1.21. The van der Waals surface area contributed by atoms with Crippen LogP contribution < -0.4 is 0 Å². The Hall–Kier alpha value is -1.88. The van der Waals surface area contributed by atoms with E-state index < -0.39 is 11.9 Å². The molecule has 5 nitrogen and oxygen atoms in total. The third kappa shape index (κ3) is 3.88. The third-order valence-electron chi connectivity index (χ3n) is 1.80. The molecule has 0 atom stereocenters. The fourth-order valence-electron chi connectivity index (χ4n) is 1.05. The number of carbonyl (C=O) groups excluding carboxylic acids is 1. The molecule has 0 aliphatic carbocycles. The molecule has 0 aliphatic rings. The van der Waals surface area contributed by atoms with E-state index in [1.807, 2.05) is 0 Å². The van der Waals surface area contributed by atoms with E-state index in [0.29, 0.717) is 5.56 Å². The zero-order valence-electron chi connectivity index (χ0n) is 9.01. The Labute approximate surface area is 103 Å². The van der Waals surface area contributed by atoms with Gasteiger partial charge >= 0.3 is 11.9 Å². The van der Waals surface area contributed by atoms with E-state index in [0.717, 1.165) is 12.3 Å². The molecule has 90 valence electrons. The summed E-state index contributed by atoms with van der Waals surface area (Å²) in [5.41, 5.74) is 0.345. The zero-order valence-corrected chi connectivity index (χ0v) is 9.77. The van der Waals surface area contributed by atoms with Gasteiger partial charge in [-0.05, 0) is 19.1 Å². The highest BCUT2D eigenvalue weighted by molar-refractivity contribution is 6.31. The number of rotatable bonds is 4. The monoisotopic (exact) mass is 255 g/mol. The highest BCUT2D eigenvalue weighted by Gasteiger charge is 2.07. The lowest BCUT2D eigenvalue weighted by molar-refractivity contribution is -0.137. The predicted octanol–water partition coefficient (Wildman–Crippen LogP) is 2.01. The SMILES string of the molecule is CCOC(=O)C=Cc1cc(C(=O)O)cnc1Cl. The van der Waals surface area contributed by atoms with Crippen LogP contribution in [0.3, 0.4) is 0 Å². The second kappa shape index (κ2) is 6.00. The Morgan fingerprint density at radius 3 is 2.88 bits per heavy atom. The molecule has 0 aliphatic heterocycles. The number of pyridine rings is 1. The van der Waals surface area contributed by atoms with Crippen LogP contribution in [-0.4, -0.2) is 28.6 Å². The standard InChI is InChI=1S/C11H10ClNO4/c1-2-17-9(14)4-3-7-5-8(11(15)16)6-13-10(7)12/h3-6H,2H2,1H3,(H,15,16). The molecule has 17 heavy (non-hydrogen) atoms. The number of halogens is 1. The largest absolute Gasteiger partial charge is 0.478 e. The Balaban J connectivity index is 2.93. The number of carboxylic acids is 1. The van der Waals surface area contributed by atoms with Crippen molar-refractivity contribution < 1.29 is 19.4 Å². The van der Waals surface area contributed by atoms with Gasteiger partial charge in [-0.1, -0.05) is 11.6 Å². The normalized spacial score (nSPS) is 10.5. The summed E-state index contributed by atoms with van der Waals surface area (Å²) in [6.45, 7) is 1.95. The molecule has 0 fully saturated rings. The molecule has 1 aromatic heterocycles. The minimum Gasteiger partial charge on any atom is -0.478 e. The van der Waals surface area contributed by atoms with Gasteiger partial charge in [0, 0.05) is 17.8 Å². The molecule has 0 radical (unpaired) electrons. The molecule has 0 unspecified atom stereocenters. The first-order chi connectivity index (χ1) is 8.04. The van der Waals surface area contributed by atoms with Gasteiger partial charge in [-0.15, -0.1) is 0 Å². The van der Waals surface area contributed by atoms with Gasteiger partial charge in [-0.25, -0.2) is 14.6 Å². The predicted molar refractivity (Wildman–Crippen MR) is 61.9 cm³/mol. The van der Waals surface area contributed by atoms with Crippen LogP contribution in [0.1, 0.15) is 22.8 Å². The van der Waals surface area contributed by atoms with Crippen LogP contribution >= 0.6 is 11.6 Å². The smallest absolute Gasteiger partial charge is 0.337 e. The summed E-state index contributed by atoms with van der Waals surface area (Å²) in [7, 11) is 0. The first-order valence-corrected chi connectivity index (χ1v) is 5.16. The lowest BCUT2D eigenvalue weighted by Crippen LogP contribution is -2.00. The summed E-state index contributed by atoms with van der Waals surface area (Å²) in [5, 5.41) is 8.88. The molecule has 0 amide bonds. The second-order valence-corrected chi connectivity index (χ2v) is 3.35. The van der Waals surface area contributed by atoms with E-state index >= 15 is 0 Å². The maximum atomic E-state index is 11.1. The minimum atomic E-state index is -1.11. The number of carboxylic acid groups (broad SMARTS) is 1. The van der Waals surface area contributed by atoms with Crippen molar-refractivity contribution in [2.75, 3.05) is 6.61 Å². The molecule has 0 aromatic carbocycles. The Morgan fingerprint density at radius 1 is 1.59 bits per heavy atom. The molecule has 0 saturated heterocycles. The van der Waals surface area contributed by atoms with Crippen molar-refractivity contribution in [2.24, 2.45) is 0 Å². The van der Waals surface area contributed by atoms with Crippen LogP contribution in [0.15, 0.2) is 18.3 Å². The number of nitrogens with zero attached hydrogens (tertiary/aromatic N) is 1. The summed E-state index contributed by atoms with van der Waals surface area (Å²) in [6, 6.07) is 1.33. The van der Waals surface area contributed by atoms with Crippen LogP contribution in [-0.2, 0) is 9.53 Å². The number of hydrogen-bond acceptors (Lipinski definition) is 4. The molecule has 6 heteroatoms. The molecule has 0 spiro atoms. The summed E-state index contributed by atoms with van der Waals surface area (Å²) < 4.78 is 4.68. The Kier molecular flexibility index (Phi) is 4.66. The quantitative estimate of drug-likeness (QED) is 0.506. The topological polar surface area (TPSA) is 76.5 Å². The van der Waals surface area contributed by atoms with E-state index in [2.05, 4.69) is 9.72 Å². The van der Waals surface area contributed by atoms with Crippen LogP contribution in [0.5, 0.6) is 0 Å². The maximum absolute atomic E-state index is 11.1. The van der Waals surface area contributed by atoms with E-state index in [-0.39, 0.29) is 17.3 Å². The number of aromatic carboxylic acids is 1. The lowest BCUT2D eigenvalue weighted by Gasteiger charge is -1.99. The van der Waals surface area contributed by atoms with E-state index in [1.165, 1.54) is 12.1 Å². The van der Waals surface area contributed by atoms with Crippen molar-refractivity contribution in [1.29, 1.82) is 0 Å². The van der Waals surface area contributed by atoms with Gasteiger partial charge in [0.25, 0.3) is 0 Å². The first kappa shape index (κ1) is 13.2. The van der Waals surface area contributed by atoms with Crippen molar-refractivity contribution in [3.8, 4) is 0 Å². The highest BCUT2D eigenvalue weighted by atomic mass is 35.5. The fraction of sp³-hybridized carbons (Fsp3) is 0.182. The van der Waals surface area contributed by atoms with Crippen LogP contribution in [0.25, 0.3) is 6.08 Å². The molecule has 1 heterocycles. The number of carbonyl (C=O) groups is 2. The first-order valence-electron chi connectivity index (χ1n) is 4.78. The summed E-state index contributed by atoms with van der Waals surface area (Å²) in [6.07, 6.45) is 3.67. The number of aromatic nitrogens is 1. The van der Waals surface area contributed by atoms with Crippen molar-refractivity contribution in [1.82, 2.24) is 4.98 Å². The third-order valence-corrected chi connectivity index (χ3v) is 2.11. The highest BCUT2D eigenvalue weighted by Crippen LogP contribution is 2.16. The van der Waals surface area contributed by atoms with Gasteiger partial charge in [0.15, 0.2) is 0 Å². The Morgan fingerprint density at radius 2 is 2.29 bits per heavy atom. The molecule has 0 saturated carbocycles. The summed E-state index contributed by atoms with van der Waals surface area (Å²) in [5.74, 6) is -1.63. The van der Waals surface area contributed by atoms with Gasteiger partial charge in [-0.2, -0.15) is 0 Å². The lowest BCUT2D eigenvalue weighted by atomic mass is 10.2. The summed E-state index contributed by atoms with van der Waals surface area (Å²) >= 11 is 5.75. The van der Waals surface area contributed by atoms with Crippen LogP contribution in [0, 0.1) is 0 Å². The Bertz CT molecular complexity index is 471. The van der Waals surface area contributed by atoms with Gasteiger partial charge in [0.1, 0.15) is 5.15 Å². The van der Waals surface area contributed by atoms with Crippen LogP contribution in [0.4, 0.5) is 0 Å². The second-order valence-electron chi connectivity index (χ2n) is 2.99. The van der Waals surface area contributed by atoms with Crippen LogP contribution in [0.2, 0.25) is 5.15 Å². The number of hydrogen-bond donors (Lipinski definition) is 1. The molecular formula is C11H10ClNO4. The van der Waals surface area contributed by atoms with Crippen molar-refractivity contribution >= 4 is 29.6 Å². The molecule has 1 N–H and O–H groups in total. The van der Waals surface area contributed by atoms with Crippen molar-refractivity contribution in [3.63, 3.8) is 0 Å². The van der Waals surface area contributed by atoms with Gasteiger partial charge in [0.2, 0.25) is 0 Å². The minimum absolute atomic E-state index is 0.00194. The zero-order chi connectivity index (χ0) is 12.8. The van der Waals surface area contributed by atoms with E-state index in [1.54, 1.807) is 6.92 Å². The number of esters is 1. The van der Waals surface area contributed by atoms with Crippen molar-refractivity contribution in [3.05, 3.63) is 34.6 Å². The summed E-state index contributed by atoms with van der Waals surface area (Å²) in [4.78, 5) is 25.5. The number of ether oxygens (including phenoxy) is 1. The molecule has 1 aromatic rings. The van der Waals surface area contributed by atoms with E-state index in [4.69, 9.17) is 16.7 Å². The molecule has 1 rings (SSSR count). The van der Waals surface area contributed by atoms with Gasteiger partial charge < -0.3 is 9.84 Å². The van der Waals surface area contributed by atoms with Gasteiger partial charge in [-0.3, -0.25) is 0 Å². The molecule has 0 bridgehead atoms. The van der Waals surface area contributed by atoms with E-state index in [9.17, 15) is 9.59 Å². The average molecular weight is 256 g/mol. The van der Waals surface area contributed by atoms with Crippen molar-refractivity contribution in [2.45, 2.75) is 6.92 Å².